The van der Waals surface area contributed by atoms with Crippen molar-refractivity contribution in [2.45, 2.75) is 19.3 Å². The van der Waals surface area contributed by atoms with Crippen molar-refractivity contribution in [3.8, 4) is 5.75 Å². The summed E-state index contributed by atoms with van der Waals surface area (Å²) in [4.78, 5) is 28.7. The number of aryl methyl sites for hydroxylation is 1. The second kappa shape index (κ2) is 10.8. The maximum absolute atomic E-state index is 12.9. The molecule has 2 heterocycles. The van der Waals surface area contributed by atoms with Crippen molar-refractivity contribution < 1.29 is 14.3 Å². The van der Waals surface area contributed by atoms with E-state index in [0.29, 0.717) is 30.0 Å². The van der Waals surface area contributed by atoms with E-state index in [4.69, 9.17) is 16.3 Å². The van der Waals surface area contributed by atoms with Crippen LogP contribution < -0.4 is 10.1 Å². The van der Waals surface area contributed by atoms with Crippen molar-refractivity contribution in [3.63, 3.8) is 0 Å². The zero-order valence-electron chi connectivity index (χ0n) is 17.3. The van der Waals surface area contributed by atoms with Gasteiger partial charge in [-0.3, -0.25) is 14.5 Å². The molecule has 2 aromatic carbocycles. The highest BCUT2D eigenvalue weighted by molar-refractivity contribution is 6.32. The molecule has 1 saturated heterocycles. The Morgan fingerprint density at radius 1 is 1.06 bits per heavy atom. The molecule has 8 heteroatoms. The second-order valence-electron chi connectivity index (χ2n) is 7.69. The summed E-state index contributed by atoms with van der Waals surface area (Å²) in [5.74, 6) is 0.825. The minimum absolute atomic E-state index is 0. The highest BCUT2D eigenvalue weighted by atomic mass is 35.5. The first-order chi connectivity index (χ1) is 14.6. The van der Waals surface area contributed by atoms with E-state index in [2.05, 4.69) is 10.2 Å². The molecule has 2 aliphatic rings. The van der Waals surface area contributed by atoms with Gasteiger partial charge in [0.1, 0.15) is 5.75 Å². The molecule has 0 bridgehead atoms. The van der Waals surface area contributed by atoms with Crippen molar-refractivity contribution in [2.75, 3.05) is 44.6 Å². The number of ether oxygens (including phenoxy) is 1. The third-order valence-electron chi connectivity index (χ3n) is 5.62. The summed E-state index contributed by atoms with van der Waals surface area (Å²) < 4.78 is 5.75. The molecule has 0 aromatic heterocycles. The van der Waals surface area contributed by atoms with Crippen LogP contribution in [0.15, 0.2) is 42.5 Å². The van der Waals surface area contributed by atoms with Gasteiger partial charge in [-0.05, 0) is 48.7 Å². The smallest absolute Gasteiger partial charge is 0.253 e. The summed E-state index contributed by atoms with van der Waals surface area (Å²) in [6, 6.07) is 13.1. The Bertz CT molecular complexity index is 930. The summed E-state index contributed by atoms with van der Waals surface area (Å²) >= 11 is 6.10. The van der Waals surface area contributed by atoms with Crippen LogP contribution >= 0.6 is 24.0 Å². The number of rotatable bonds is 6. The number of fused-ring (bicyclic) bond motifs is 1. The lowest BCUT2D eigenvalue weighted by Gasteiger charge is -2.35. The fourth-order valence-corrected chi connectivity index (χ4v) is 4.10. The Hall–Kier alpha value is -2.28. The van der Waals surface area contributed by atoms with Gasteiger partial charge in [0.25, 0.3) is 5.91 Å². The van der Waals surface area contributed by atoms with Crippen molar-refractivity contribution in [1.29, 1.82) is 0 Å². The van der Waals surface area contributed by atoms with E-state index >= 15 is 0 Å². The van der Waals surface area contributed by atoms with E-state index in [0.717, 1.165) is 56.1 Å². The van der Waals surface area contributed by atoms with Gasteiger partial charge in [-0.2, -0.15) is 0 Å². The summed E-state index contributed by atoms with van der Waals surface area (Å²) in [6.07, 6.45) is 2.07. The minimum Gasteiger partial charge on any atom is -0.492 e. The molecule has 6 nitrogen and oxygen atoms in total. The van der Waals surface area contributed by atoms with Gasteiger partial charge in [0.05, 0.1) is 11.6 Å². The quantitative estimate of drug-likeness (QED) is 0.660. The summed E-state index contributed by atoms with van der Waals surface area (Å²) in [6.45, 7) is 4.72. The molecule has 0 radical (unpaired) electrons. The number of hydrogen-bond acceptors (Lipinski definition) is 4. The number of para-hydroxylation sites is 1. The number of hydrogen-bond donors (Lipinski definition) is 1. The van der Waals surface area contributed by atoms with E-state index < -0.39 is 0 Å². The zero-order chi connectivity index (χ0) is 20.9. The number of carbonyl (C=O) groups is 2. The van der Waals surface area contributed by atoms with E-state index in [1.54, 1.807) is 0 Å². The molecule has 0 atom stereocenters. The third kappa shape index (κ3) is 5.91. The van der Waals surface area contributed by atoms with Gasteiger partial charge < -0.3 is 15.0 Å². The van der Waals surface area contributed by atoms with Crippen molar-refractivity contribution in [2.24, 2.45) is 0 Å². The van der Waals surface area contributed by atoms with Crippen molar-refractivity contribution in [3.05, 3.63) is 58.6 Å². The van der Waals surface area contributed by atoms with E-state index in [-0.39, 0.29) is 24.2 Å². The lowest BCUT2D eigenvalue weighted by atomic mass is 10.00. The van der Waals surface area contributed by atoms with Crippen LogP contribution in [0.4, 0.5) is 5.69 Å². The molecule has 166 valence electrons. The number of piperazine rings is 1. The topological polar surface area (TPSA) is 61.9 Å². The van der Waals surface area contributed by atoms with Crippen molar-refractivity contribution >= 4 is 41.5 Å². The van der Waals surface area contributed by atoms with Gasteiger partial charge in [0.2, 0.25) is 5.91 Å². The predicted octanol–water partition coefficient (Wildman–Crippen LogP) is 3.87. The molecule has 0 saturated carbocycles. The maximum atomic E-state index is 12.9. The lowest BCUT2D eigenvalue weighted by Crippen LogP contribution is -2.49. The SMILES string of the molecule is Cl.O=C1CCc2cc(C(=O)N3CCN(CCCOc4ccccc4Cl)CC3)ccc2N1. The largest absolute Gasteiger partial charge is 0.492 e. The van der Waals surface area contributed by atoms with E-state index in [1.165, 1.54) is 0 Å². The van der Waals surface area contributed by atoms with Crippen LogP contribution in [0.1, 0.15) is 28.8 Å². The average Bonchev–Trinajstić information content (AvgIpc) is 2.77. The molecule has 1 N–H and O–H groups in total. The number of halogens is 2. The number of benzene rings is 2. The monoisotopic (exact) mass is 463 g/mol. The van der Waals surface area contributed by atoms with E-state index in [9.17, 15) is 9.59 Å². The molecule has 0 unspecified atom stereocenters. The van der Waals surface area contributed by atoms with Crippen molar-refractivity contribution in [1.82, 2.24) is 9.80 Å². The van der Waals surface area contributed by atoms with Crippen LogP contribution in [0.2, 0.25) is 5.02 Å². The van der Waals surface area contributed by atoms with Gasteiger partial charge in [0, 0.05) is 50.4 Å². The van der Waals surface area contributed by atoms with Crippen LogP contribution in [-0.4, -0.2) is 60.9 Å². The number of nitrogens with zero attached hydrogens (tertiary/aromatic N) is 2. The predicted molar refractivity (Wildman–Crippen MR) is 125 cm³/mol. The fraction of sp³-hybridized carbons (Fsp3) is 0.391. The lowest BCUT2D eigenvalue weighted by molar-refractivity contribution is -0.116. The van der Waals surface area contributed by atoms with Gasteiger partial charge in [-0.15, -0.1) is 12.4 Å². The average molecular weight is 464 g/mol. The molecule has 2 aliphatic heterocycles. The van der Waals surface area contributed by atoms with E-state index in [1.807, 2.05) is 47.4 Å². The van der Waals surface area contributed by atoms with Gasteiger partial charge >= 0.3 is 0 Å². The number of nitrogens with one attached hydrogen (secondary N) is 1. The Labute approximate surface area is 193 Å². The number of amides is 2. The first-order valence-electron chi connectivity index (χ1n) is 10.4. The molecule has 4 rings (SSSR count). The fourth-order valence-electron chi connectivity index (χ4n) is 3.91. The molecule has 0 spiro atoms. The molecular formula is C23H27Cl2N3O3. The van der Waals surface area contributed by atoms with Gasteiger partial charge in [-0.1, -0.05) is 23.7 Å². The third-order valence-corrected chi connectivity index (χ3v) is 5.93. The highest BCUT2D eigenvalue weighted by Crippen LogP contribution is 2.25. The molecule has 2 aromatic rings. The summed E-state index contributed by atoms with van der Waals surface area (Å²) in [5.41, 5.74) is 2.57. The van der Waals surface area contributed by atoms with Gasteiger partial charge in [-0.25, -0.2) is 0 Å². The first kappa shape index (κ1) is 23.4. The number of carbonyl (C=O) groups excluding carboxylic acids is 2. The van der Waals surface area contributed by atoms with Crippen LogP contribution in [0.25, 0.3) is 0 Å². The second-order valence-corrected chi connectivity index (χ2v) is 8.09. The Balaban J connectivity index is 0.00000272. The summed E-state index contributed by atoms with van der Waals surface area (Å²) in [5, 5.41) is 3.49. The van der Waals surface area contributed by atoms with Crippen LogP contribution in [0.3, 0.4) is 0 Å². The van der Waals surface area contributed by atoms with Crippen LogP contribution in [-0.2, 0) is 11.2 Å². The van der Waals surface area contributed by atoms with Gasteiger partial charge in [0.15, 0.2) is 0 Å². The maximum Gasteiger partial charge on any atom is 0.253 e. The molecule has 2 amide bonds. The molecule has 1 fully saturated rings. The minimum atomic E-state index is 0. The van der Waals surface area contributed by atoms with Crippen LogP contribution in [0.5, 0.6) is 5.75 Å². The standard InChI is InChI=1S/C23H26ClN3O3.ClH/c24-19-4-1-2-5-21(19)30-15-3-10-26-11-13-27(14-12-26)23(29)18-6-8-20-17(16-18)7-9-22(28)25-20;/h1-2,4-6,8,16H,3,7,9-15H2,(H,25,28);1H. The van der Waals surface area contributed by atoms with Crippen LogP contribution in [0, 0.1) is 0 Å². The molecule has 31 heavy (non-hydrogen) atoms. The number of anilines is 1. The highest BCUT2D eigenvalue weighted by Gasteiger charge is 2.23. The molecular weight excluding hydrogens is 437 g/mol. The Kier molecular flexibility index (Phi) is 8.18. The normalized spacial score (nSPS) is 16.2. The Morgan fingerprint density at radius 3 is 2.61 bits per heavy atom. The molecule has 0 aliphatic carbocycles. The Morgan fingerprint density at radius 2 is 1.84 bits per heavy atom. The first-order valence-corrected chi connectivity index (χ1v) is 10.8. The zero-order valence-corrected chi connectivity index (χ0v) is 18.9. The summed E-state index contributed by atoms with van der Waals surface area (Å²) in [7, 11) is 0.